The van der Waals surface area contributed by atoms with Crippen molar-refractivity contribution in [1.29, 1.82) is 0 Å². The van der Waals surface area contributed by atoms with Crippen LogP contribution in [0, 0.1) is 5.92 Å². The lowest BCUT2D eigenvalue weighted by molar-refractivity contribution is 0.00710. The van der Waals surface area contributed by atoms with Crippen LogP contribution in [-0.2, 0) is 4.74 Å². The molecular formula is C15H19ClO4. The number of aliphatic hydroxyl groups is 1. The average molecular weight is 299 g/mol. The quantitative estimate of drug-likeness (QED) is 0.912. The number of ether oxygens (including phenoxy) is 3. The number of benzene rings is 1. The molecule has 1 unspecified atom stereocenters. The molecule has 0 aromatic heterocycles. The van der Waals surface area contributed by atoms with Gasteiger partial charge in [0.25, 0.3) is 0 Å². The summed E-state index contributed by atoms with van der Waals surface area (Å²) in [7, 11) is 0. The molecule has 0 spiro atoms. The highest BCUT2D eigenvalue weighted by Crippen LogP contribution is 2.41. The highest BCUT2D eigenvalue weighted by atomic mass is 35.5. The van der Waals surface area contributed by atoms with Crippen LogP contribution in [0.25, 0.3) is 0 Å². The molecule has 2 aliphatic rings. The normalized spacial score (nSPS) is 21.3. The number of hydrogen-bond donors (Lipinski definition) is 1. The number of halogens is 1. The van der Waals surface area contributed by atoms with E-state index in [0.717, 1.165) is 24.8 Å². The third kappa shape index (κ3) is 2.87. The van der Waals surface area contributed by atoms with E-state index in [1.165, 1.54) is 0 Å². The number of fused-ring (bicyclic) bond motifs is 1. The molecular weight excluding hydrogens is 280 g/mol. The van der Waals surface area contributed by atoms with Gasteiger partial charge in [-0.2, -0.15) is 0 Å². The van der Waals surface area contributed by atoms with Gasteiger partial charge in [0.15, 0.2) is 11.5 Å². The molecule has 20 heavy (non-hydrogen) atoms. The number of rotatable bonds is 2. The fraction of sp³-hybridized carbons (Fsp3) is 0.600. The Bertz CT molecular complexity index is 471. The van der Waals surface area contributed by atoms with E-state index in [4.69, 9.17) is 25.8 Å². The summed E-state index contributed by atoms with van der Waals surface area (Å²) in [6.07, 6.45) is 2.04. The van der Waals surface area contributed by atoms with Crippen molar-refractivity contribution >= 4 is 11.6 Å². The molecule has 0 radical (unpaired) electrons. The summed E-state index contributed by atoms with van der Waals surface area (Å²) in [4.78, 5) is 0. The van der Waals surface area contributed by atoms with Crippen LogP contribution in [0.4, 0.5) is 0 Å². The van der Waals surface area contributed by atoms with Gasteiger partial charge in [-0.3, -0.25) is 0 Å². The van der Waals surface area contributed by atoms with Crippen molar-refractivity contribution < 1.29 is 19.3 Å². The SMILES string of the molecule is OC(c1cc(Cl)c2c(c1)OCCCO2)C1CCOCC1. The second-order valence-corrected chi connectivity index (χ2v) is 5.68. The first-order valence-corrected chi connectivity index (χ1v) is 7.48. The van der Waals surface area contributed by atoms with E-state index in [-0.39, 0.29) is 5.92 Å². The maximum absolute atomic E-state index is 10.5. The lowest BCUT2D eigenvalue weighted by Gasteiger charge is -2.27. The van der Waals surface area contributed by atoms with E-state index in [1.807, 2.05) is 6.07 Å². The Balaban J connectivity index is 1.86. The standard InChI is InChI=1S/C15H19ClO4/c16-12-8-11(14(17)10-2-6-18-7-3-10)9-13-15(12)20-5-1-4-19-13/h8-10,14,17H,1-7H2. The lowest BCUT2D eigenvalue weighted by atomic mass is 9.89. The van der Waals surface area contributed by atoms with Gasteiger partial charge in [-0.15, -0.1) is 0 Å². The summed E-state index contributed by atoms with van der Waals surface area (Å²) in [5, 5.41) is 11.0. The molecule has 1 aromatic rings. The highest BCUT2D eigenvalue weighted by Gasteiger charge is 2.26. The zero-order valence-electron chi connectivity index (χ0n) is 11.3. The topological polar surface area (TPSA) is 47.9 Å². The first-order valence-electron chi connectivity index (χ1n) is 7.10. The van der Waals surface area contributed by atoms with Crippen LogP contribution in [0.2, 0.25) is 5.02 Å². The minimum Gasteiger partial charge on any atom is -0.489 e. The molecule has 3 rings (SSSR count). The van der Waals surface area contributed by atoms with Gasteiger partial charge in [0.2, 0.25) is 0 Å². The summed E-state index contributed by atoms with van der Waals surface area (Å²) < 4.78 is 16.6. The maximum atomic E-state index is 10.5. The Kier molecular flexibility index (Phi) is 4.34. The van der Waals surface area contributed by atoms with Gasteiger partial charge >= 0.3 is 0 Å². The molecule has 0 aliphatic carbocycles. The molecule has 5 heteroatoms. The smallest absolute Gasteiger partial charge is 0.179 e. The van der Waals surface area contributed by atoms with Crippen LogP contribution in [0.1, 0.15) is 30.9 Å². The Morgan fingerprint density at radius 2 is 1.85 bits per heavy atom. The summed E-state index contributed by atoms with van der Waals surface area (Å²) >= 11 is 6.26. The van der Waals surface area contributed by atoms with Crippen molar-refractivity contribution in [3.63, 3.8) is 0 Å². The van der Waals surface area contributed by atoms with Crippen LogP contribution < -0.4 is 9.47 Å². The number of hydrogen-bond acceptors (Lipinski definition) is 4. The molecule has 4 nitrogen and oxygen atoms in total. The summed E-state index contributed by atoms with van der Waals surface area (Å²) in [6.45, 7) is 2.63. The number of aliphatic hydroxyl groups excluding tert-OH is 1. The van der Waals surface area contributed by atoms with Crippen molar-refractivity contribution in [2.75, 3.05) is 26.4 Å². The zero-order valence-corrected chi connectivity index (χ0v) is 12.1. The van der Waals surface area contributed by atoms with E-state index in [0.29, 0.717) is 42.9 Å². The Labute approximate surface area is 123 Å². The third-order valence-electron chi connectivity index (χ3n) is 3.88. The molecule has 0 bridgehead atoms. The predicted molar refractivity (Wildman–Crippen MR) is 75.6 cm³/mol. The molecule has 110 valence electrons. The molecule has 1 aromatic carbocycles. The summed E-state index contributed by atoms with van der Waals surface area (Å²) in [6, 6.07) is 3.64. The molecule has 0 amide bonds. The van der Waals surface area contributed by atoms with Crippen molar-refractivity contribution in [3.05, 3.63) is 22.7 Å². The zero-order chi connectivity index (χ0) is 13.9. The van der Waals surface area contributed by atoms with Crippen LogP contribution >= 0.6 is 11.6 Å². The van der Waals surface area contributed by atoms with Crippen LogP contribution in [0.3, 0.4) is 0 Å². The maximum Gasteiger partial charge on any atom is 0.179 e. The van der Waals surface area contributed by atoms with Crippen molar-refractivity contribution in [3.8, 4) is 11.5 Å². The molecule has 2 aliphatic heterocycles. The van der Waals surface area contributed by atoms with Crippen molar-refractivity contribution in [2.45, 2.75) is 25.4 Å². The van der Waals surface area contributed by atoms with E-state index in [1.54, 1.807) is 6.07 Å². The molecule has 0 saturated carbocycles. The van der Waals surface area contributed by atoms with Gasteiger partial charge in [0.05, 0.1) is 24.3 Å². The minimum atomic E-state index is -0.534. The van der Waals surface area contributed by atoms with E-state index >= 15 is 0 Å². The second-order valence-electron chi connectivity index (χ2n) is 5.28. The summed E-state index contributed by atoms with van der Waals surface area (Å²) in [5.74, 6) is 1.44. The first-order chi connectivity index (χ1) is 9.75. The fourth-order valence-electron chi connectivity index (χ4n) is 2.73. The van der Waals surface area contributed by atoms with Crippen LogP contribution in [-0.4, -0.2) is 31.5 Å². The van der Waals surface area contributed by atoms with Crippen LogP contribution in [0.15, 0.2) is 12.1 Å². The van der Waals surface area contributed by atoms with Gasteiger partial charge in [-0.25, -0.2) is 0 Å². The van der Waals surface area contributed by atoms with Gasteiger partial charge in [0.1, 0.15) is 0 Å². The van der Waals surface area contributed by atoms with Crippen molar-refractivity contribution in [2.24, 2.45) is 5.92 Å². The van der Waals surface area contributed by atoms with Gasteiger partial charge in [-0.1, -0.05) is 11.6 Å². The van der Waals surface area contributed by atoms with E-state index in [2.05, 4.69) is 0 Å². The lowest BCUT2D eigenvalue weighted by Crippen LogP contribution is -2.22. The molecule has 1 saturated heterocycles. The van der Waals surface area contributed by atoms with Gasteiger partial charge in [0, 0.05) is 19.6 Å². The first kappa shape index (κ1) is 14.0. The highest BCUT2D eigenvalue weighted by molar-refractivity contribution is 6.32. The summed E-state index contributed by atoms with van der Waals surface area (Å²) in [5.41, 5.74) is 0.797. The third-order valence-corrected chi connectivity index (χ3v) is 4.16. The fourth-order valence-corrected chi connectivity index (χ4v) is 3.00. The average Bonchev–Trinajstić information content (AvgIpc) is 2.73. The molecule has 1 fully saturated rings. The molecule has 1 N–H and O–H groups in total. The van der Waals surface area contributed by atoms with Crippen molar-refractivity contribution in [1.82, 2.24) is 0 Å². The van der Waals surface area contributed by atoms with Crippen LogP contribution in [0.5, 0.6) is 11.5 Å². The van der Waals surface area contributed by atoms with Gasteiger partial charge < -0.3 is 19.3 Å². The van der Waals surface area contributed by atoms with Gasteiger partial charge in [-0.05, 0) is 36.5 Å². The molecule has 2 heterocycles. The van der Waals surface area contributed by atoms with E-state index in [9.17, 15) is 5.11 Å². The Hall–Kier alpha value is -0.970. The van der Waals surface area contributed by atoms with E-state index < -0.39 is 6.10 Å². The Morgan fingerprint density at radius 1 is 1.10 bits per heavy atom. The Morgan fingerprint density at radius 3 is 2.65 bits per heavy atom. The monoisotopic (exact) mass is 298 g/mol. The predicted octanol–water partition coefficient (Wildman–Crippen LogP) is 2.96. The minimum absolute atomic E-state index is 0.213. The second kappa shape index (κ2) is 6.20. The molecule has 1 atom stereocenters. The largest absolute Gasteiger partial charge is 0.489 e.